The third-order valence-electron chi connectivity index (χ3n) is 2.71. The molecule has 0 spiro atoms. The number of aromatic amines is 2. The lowest BCUT2D eigenvalue weighted by Crippen LogP contribution is -2.10. The highest BCUT2D eigenvalue weighted by molar-refractivity contribution is 5.70. The van der Waals surface area contributed by atoms with E-state index in [1.165, 1.54) is 0 Å². The molecule has 0 saturated heterocycles. The van der Waals surface area contributed by atoms with Crippen molar-refractivity contribution in [2.24, 2.45) is 0 Å². The number of benzene rings is 1. The minimum Gasteiger partial charge on any atom is -0.508 e. The highest BCUT2D eigenvalue weighted by atomic mass is 16.3. The van der Waals surface area contributed by atoms with Gasteiger partial charge in [-0.05, 0) is 17.7 Å². The summed E-state index contributed by atoms with van der Waals surface area (Å²) in [5.41, 5.74) is 6.57. The Morgan fingerprint density at radius 2 is 2.11 bits per heavy atom. The number of anilines is 1. The summed E-state index contributed by atoms with van der Waals surface area (Å²) in [6.07, 6.45) is 0.462. The van der Waals surface area contributed by atoms with Crippen LogP contribution in [0.3, 0.4) is 0 Å². The van der Waals surface area contributed by atoms with Gasteiger partial charge in [-0.15, -0.1) is 0 Å². The van der Waals surface area contributed by atoms with Gasteiger partial charge < -0.3 is 15.8 Å². The Morgan fingerprint density at radius 3 is 2.89 bits per heavy atom. The van der Waals surface area contributed by atoms with E-state index in [9.17, 15) is 9.90 Å². The molecule has 0 fully saturated rings. The molecule has 2 aromatic heterocycles. The Labute approximate surface area is 107 Å². The first-order valence-corrected chi connectivity index (χ1v) is 5.64. The number of nitrogens with zero attached hydrogens (tertiary/aromatic N) is 2. The molecule has 0 aliphatic heterocycles. The molecule has 0 bridgehead atoms. The number of phenolic OH excluding ortho intramolecular Hbond substituents is 1. The van der Waals surface area contributed by atoms with E-state index >= 15 is 0 Å². The summed E-state index contributed by atoms with van der Waals surface area (Å²) in [5.74, 6) is 0.811. The number of hydrogen-bond acceptors (Lipinski definition) is 5. The number of aromatic nitrogens is 4. The fraction of sp³-hybridized carbons (Fsp3) is 0.0833. The maximum atomic E-state index is 11.6. The second kappa shape index (κ2) is 4.13. The van der Waals surface area contributed by atoms with Crippen LogP contribution in [0.25, 0.3) is 11.2 Å². The van der Waals surface area contributed by atoms with Crippen LogP contribution in [0.4, 0.5) is 5.95 Å². The number of nitrogens with one attached hydrogen (secondary N) is 2. The third-order valence-corrected chi connectivity index (χ3v) is 2.71. The normalized spacial score (nSPS) is 10.9. The first-order chi connectivity index (χ1) is 9.11. The highest BCUT2D eigenvalue weighted by Gasteiger charge is 2.09. The molecular formula is C12H11N5O2. The van der Waals surface area contributed by atoms with Crippen molar-refractivity contribution in [3.8, 4) is 5.75 Å². The molecule has 0 atom stereocenters. The molecule has 0 unspecified atom stereocenters. The standard InChI is InChI=1S/C12H11N5O2/c13-12-16-10-9(11(19)17-12)14-8(15-10)5-6-2-1-3-7(18)4-6/h1-4,18H,5H2,(H4,13,14,15,16,17,19). The minimum absolute atomic E-state index is 0.0351. The number of nitrogens with two attached hydrogens (primary N) is 1. The summed E-state index contributed by atoms with van der Waals surface area (Å²) >= 11 is 0. The van der Waals surface area contributed by atoms with E-state index in [4.69, 9.17) is 5.73 Å². The maximum absolute atomic E-state index is 11.6. The van der Waals surface area contributed by atoms with E-state index in [0.717, 1.165) is 5.56 Å². The van der Waals surface area contributed by atoms with E-state index < -0.39 is 0 Å². The average molecular weight is 257 g/mol. The maximum Gasteiger partial charge on any atom is 0.278 e. The number of nitrogen functional groups attached to an aromatic ring is 1. The molecule has 2 heterocycles. The van der Waals surface area contributed by atoms with Gasteiger partial charge in [0.15, 0.2) is 11.2 Å². The Balaban J connectivity index is 2.02. The second-order valence-electron chi connectivity index (χ2n) is 4.18. The first kappa shape index (κ1) is 11.3. The summed E-state index contributed by atoms with van der Waals surface area (Å²) in [5, 5.41) is 9.40. The van der Waals surface area contributed by atoms with Gasteiger partial charge in [-0.1, -0.05) is 12.1 Å². The fourth-order valence-corrected chi connectivity index (χ4v) is 1.92. The summed E-state index contributed by atoms with van der Waals surface area (Å²) in [6.45, 7) is 0. The van der Waals surface area contributed by atoms with Crippen LogP contribution in [0.1, 0.15) is 11.4 Å². The van der Waals surface area contributed by atoms with Gasteiger partial charge in [0.2, 0.25) is 5.95 Å². The van der Waals surface area contributed by atoms with E-state index in [1.54, 1.807) is 18.2 Å². The van der Waals surface area contributed by atoms with Crippen molar-refractivity contribution in [2.45, 2.75) is 6.42 Å². The van der Waals surface area contributed by atoms with Crippen molar-refractivity contribution in [3.63, 3.8) is 0 Å². The molecule has 7 nitrogen and oxygen atoms in total. The molecule has 96 valence electrons. The van der Waals surface area contributed by atoms with Gasteiger partial charge in [-0.3, -0.25) is 9.78 Å². The van der Waals surface area contributed by atoms with Crippen molar-refractivity contribution < 1.29 is 5.11 Å². The summed E-state index contributed by atoms with van der Waals surface area (Å²) in [7, 11) is 0. The number of phenols is 1. The lowest BCUT2D eigenvalue weighted by Gasteiger charge is -1.98. The molecule has 3 rings (SSSR count). The van der Waals surface area contributed by atoms with Crippen molar-refractivity contribution in [1.29, 1.82) is 0 Å². The van der Waals surface area contributed by atoms with Gasteiger partial charge in [-0.25, -0.2) is 4.98 Å². The zero-order valence-corrected chi connectivity index (χ0v) is 9.84. The smallest absolute Gasteiger partial charge is 0.278 e. The third kappa shape index (κ3) is 2.13. The Hall–Kier alpha value is -2.83. The van der Waals surface area contributed by atoms with Gasteiger partial charge in [0.1, 0.15) is 11.6 Å². The van der Waals surface area contributed by atoms with Crippen LogP contribution in [0.5, 0.6) is 5.75 Å². The zero-order chi connectivity index (χ0) is 13.4. The number of hydrogen-bond donors (Lipinski definition) is 4. The van der Waals surface area contributed by atoms with Crippen LogP contribution in [-0.2, 0) is 6.42 Å². The molecule has 3 aromatic rings. The summed E-state index contributed by atoms with van der Waals surface area (Å²) < 4.78 is 0. The van der Waals surface area contributed by atoms with Crippen LogP contribution in [-0.4, -0.2) is 25.0 Å². The van der Waals surface area contributed by atoms with Crippen molar-refractivity contribution >= 4 is 17.1 Å². The molecule has 0 radical (unpaired) electrons. The summed E-state index contributed by atoms with van der Waals surface area (Å²) in [4.78, 5) is 25.1. The lowest BCUT2D eigenvalue weighted by molar-refractivity contribution is 0.474. The number of rotatable bonds is 2. The molecule has 0 saturated carbocycles. The second-order valence-corrected chi connectivity index (χ2v) is 4.18. The first-order valence-electron chi connectivity index (χ1n) is 5.64. The van der Waals surface area contributed by atoms with Crippen LogP contribution < -0.4 is 11.3 Å². The van der Waals surface area contributed by atoms with Gasteiger partial charge in [0.05, 0.1) is 0 Å². The van der Waals surface area contributed by atoms with E-state index in [2.05, 4.69) is 19.9 Å². The zero-order valence-electron chi connectivity index (χ0n) is 9.84. The number of fused-ring (bicyclic) bond motifs is 1. The van der Waals surface area contributed by atoms with Crippen LogP contribution >= 0.6 is 0 Å². The number of H-pyrrole nitrogens is 2. The largest absolute Gasteiger partial charge is 0.508 e. The van der Waals surface area contributed by atoms with Crippen LogP contribution in [0.2, 0.25) is 0 Å². The summed E-state index contributed by atoms with van der Waals surface area (Å²) in [6, 6.07) is 6.84. The lowest BCUT2D eigenvalue weighted by atomic mass is 10.1. The predicted molar refractivity (Wildman–Crippen MR) is 69.8 cm³/mol. The van der Waals surface area contributed by atoms with Crippen molar-refractivity contribution in [2.75, 3.05) is 5.73 Å². The molecule has 1 aromatic carbocycles. The monoisotopic (exact) mass is 257 g/mol. The molecule has 7 heteroatoms. The van der Waals surface area contributed by atoms with Crippen molar-refractivity contribution in [3.05, 3.63) is 46.0 Å². The highest BCUT2D eigenvalue weighted by Crippen LogP contribution is 2.14. The van der Waals surface area contributed by atoms with Gasteiger partial charge in [0, 0.05) is 6.42 Å². The topological polar surface area (TPSA) is 121 Å². The molecular weight excluding hydrogens is 246 g/mol. The van der Waals surface area contributed by atoms with E-state index in [1.807, 2.05) is 6.07 Å². The van der Waals surface area contributed by atoms with Gasteiger partial charge in [-0.2, -0.15) is 4.98 Å². The van der Waals surface area contributed by atoms with Crippen molar-refractivity contribution in [1.82, 2.24) is 19.9 Å². The molecule has 0 aliphatic rings. The quantitative estimate of drug-likeness (QED) is 0.533. The van der Waals surface area contributed by atoms with E-state index in [-0.39, 0.29) is 22.9 Å². The van der Waals surface area contributed by atoms with Gasteiger partial charge in [0.25, 0.3) is 5.56 Å². The molecule has 5 N–H and O–H groups in total. The van der Waals surface area contributed by atoms with E-state index in [0.29, 0.717) is 17.8 Å². The number of imidazole rings is 1. The molecule has 0 aliphatic carbocycles. The predicted octanol–water partition coefficient (Wildman–Crippen LogP) is 0.525. The Morgan fingerprint density at radius 1 is 1.26 bits per heavy atom. The fourth-order valence-electron chi connectivity index (χ4n) is 1.92. The van der Waals surface area contributed by atoms with Crippen LogP contribution in [0, 0.1) is 0 Å². The SMILES string of the molecule is Nc1nc2nc(Cc3cccc(O)c3)[nH]c2c(=O)[nH]1. The number of aromatic hydroxyl groups is 1. The molecule has 19 heavy (non-hydrogen) atoms. The minimum atomic E-state index is -0.350. The van der Waals surface area contributed by atoms with Crippen LogP contribution in [0.15, 0.2) is 29.1 Å². The van der Waals surface area contributed by atoms with Gasteiger partial charge >= 0.3 is 0 Å². The Kier molecular flexibility index (Phi) is 2.45. The average Bonchev–Trinajstić information content (AvgIpc) is 2.71. The Bertz CT molecular complexity index is 805. The molecule has 0 amide bonds.